The van der Waals surface area contributed by atoms with Gasteiger partial charge in [-0.1, -0.05) is 36.4 Å². The Labute approximate surface area is 131 Å². The molecule has 0 aliphatic heterocycles. The van der Waals surface area contributed by atoms with Crippen molar-refractivity contribution in [1.82, 2.24) is 9.03 Å². The summed E-state index contributed by atoms with van der Waals surface area (Å²) >= 11 is 0. The van der Waals surface area contributed by atoms with Crippen molar-refractivity contribution in [3.05, 3.63) is 48.0 Å². The lowest BCUT2D eigenvalue weighted by Crippen LogP contribution is -2.40. The number of halogens is 1. The van der Waals surface area contributed by atoms with E-state index in [-0.39, 0.29) is 19.0 Å². The van der Waals surface area contributed by atoms with Gasteiger partial charge >= 0.3 is 0 Å². The lowest BCUT2D eigenvalue weighted by atomic mass is 10.0. The van der Waals surface area contributed by atoms with Crippen LogP contribution in [0.1, 0.15) is 11.6 Å². The van der Waals surface area contributed by atoms with Gasteiger partial charge < -0.3 is 5.73 Å². The smallest absolute Gasteiger partial charge is 0.279 e. The maximum absolute atomic E-state index is 11.9. The van der Waals surface area contributed by atoms with Gasteiger partial charge in [0, 0.05) is 20.6 Å². The van der Waals surface area contributed by atoms with Gasteiger partial charge in [-0.15, -0.1) is 12.4 Å². The summed E-state index contributed by atoms with van der Waals surface area (Å²) in [6, 6.07) is 13.3. The Balaban J connectivity index is 0.00000220. The third kappa shape index (κ3) is 4.15. The van der Waals surface area contributed by atoms with E-state index in [0.717, 1.165) is 20.6 Å². The molecule has 2 rings (SSSR count). The summed E-state index contributed by atoms with van der Waals surface area (Å²) in [5.41, 5.74) is 6.57. The second kappa shape index (κ2) is 7.20. The Bertz CT molecular complexity index is 704. The molecule has 2 aromatic carbocycles. The van der Waals surface area contributed by atoms with E-state index in [1.807, 2.05) is 42.5 Å². The molecule has 0 heterocycles. The second-order valence-corrected chi connectivity index (χ2v) is 6.72. The quantitative estimate of drug-likeness (QED) is 0.876. The molecule has 0 radical (unpaired) electrons. The summed E-state index contributed by atoms with van der Waals surface area (Å²) in [6.07, 6.45) is 0. The molecular formula is C14H20ClN3O2S. The molecular weight excluding hydrogens is 310 g/mol. The van der Waals surface area contributed by atoms with Crippen LogP contribution in [0.5, 0.6) is 0 Å². The van der Waals surface area contributed by atoms with E-state index in [0.29, 0.717) is 0 Å². The van der Waals surface area contributed by atoms with E-state index in [4.69, 9.17) is 5.73 Å². The van der Waals surface area contributed by atoms with Crippen LogP contribution in [0, 0.1) is 0 Å². The predicted octanol–water partition coefficient (Wildman–Crippen LogP) is 1.66. The van der Waals surface area contributed by atoms with Crippen LogP contribution < -0.4 is 10.5 Å². The molecule has 0 saturated carbocycles. The van der Waals surface area contributed by atoms with Crippen LogP contribution in [-0.2, 0) is 10.2 Å². The fraction of sp³-hybridized carbons (Fsp3) is 0.286. The molecule has 0 aliphatic rings. The minimum Gasteiger partial charge on any atom is -0.329 e. The van der Waals surface area contributed by atoms with Gasteiger partial charge in [-0.25, -0.2) is 0 Å². The van der Waals surface area contributed by atoms with Crippen molar-refractivity contribution >= 4 is 33.4 Å². The monoisotopic (exact) mass is 329 g/mol. The zero-order valence-corrected chi connectivity index (χ0v) is 13.6. The minimum atomic E-state index is -3.51. The lowest BCUT2D eigenvalue weighted by molar-refractivity contribution is 0.490. The van der Waals surface area contributed by atoms with Crippen molar-refractivity contribution in [3.63, 3.8) is 0 Å². The molecule has 0 spiro atoms. The zero-order chi connectivity index (χ0) is 14.8. The van der Waals surface area contributed by atoms with E-state index in [9.17, 15) is 8.42 Å². The Morgan fingerprint density at radius 1 is 1.14 bits per heavy atom. The Morgan fingerprint density at radius 3 is 2.33 bits per heavy atom. The zero-order valence-electron chi connectivity index (χ0n) is 12.0. The highest BCUT2D eigenvalue weighted by Crippen LogP contribution is 2.20. The maximum atomic E-state index is 11.9. The maximum Gasteiger partial charge on any atom is 0.279 e. The van der Waals surface area contributed by atoms with Gasteiger partial charge in [-0.05, 0) is 22.4 Å². The molecule has 0 fully saturated rings. The van der Waals surface area contributed by atoms with E-state index in [1.54, 1.807) is 0 Å². The summed E-state index contributed by atoms with van der Waals surface area (Å²) in [5, 5.41) is 2.18. The molecule has 7 heteroatoms. The lowest BCUT2D eigenvalue weighted by Gasteiger charge is -2.20. The van der Waals surface area contributed by atoms with Crippen LogP contribution in [0.4, 0.5) is 0 Å². The number of benzene rings is 2. The Morgan fingerprint density at radius 2 is 1.76 bits per heavy atom. The summed E-state index contributed by atoms with van der Waals surface area (Å²) in [5.74, 6) is 0. The fourth-order valence-corrected chi connectivity index (χ4v) is 2.76. The van der Waals surface area contributed by atoms with Gasteiger partial charge in [0.25, 0.3) is 10.2 Å². The van der Waals surface area contributed by atoms with Crippen molar-refractivity contribution in [3.8, 4) is 0 Å². The average Bonchev–Trinajstić information content (AvgIpc) is 2.44. The molecule has 5 nitrogen and oxygen atoms in total. The van der Waals surface area contributed by atoms with Crippen LogP contribution in [0.3, 0.4) is 0 Å². The van der Waals surface area contributed by atoms with Crippen LogP contribution >= 0.6 is 12.4 Å². The van der Waals surface area contributed by atoms with Crippen LogP contribution in [-0.4, -0.2) is 33.4 Å². The van der Waals surface area contributed by atoms with Crippen molar-refractivity contribution in [2.75, 3.05) is 20.6 Å². The first-order chi connectivity index (χ1) is 9.44. The van der Waals surface area contributed by atoms with Gasteiger partial charge in [-0.3, -0.25) is 0 Å². The molecule has 0 bridgehead atoms. The molecule has 1 unspecified atom stereocenters. The molecule has 3 N–H and O–H groups in total. The number of nitrogens with zero attached hydrogens (tertiary/aromatic N) is 1. The minimum absolute atomic E-state index is 0. The van der Waals surface area contributed by atoms with Crippen LogP contribution in [0.15, 0.2) is 42.5 Å². The van der Waals surface area contributed by atoms with Gasteiger partial charge in [0.15, 0.2) is 0 Å². The van der Waals surface area contributed by atoms with Gasteiger partial charge in [-0.2, -0.15) is 17.4 Å². The first-order valence-corrected chi connectivity index (χ1v) is 7.76. The summed E-state index contributed by atoms with van der Waals surface area (Å²) < 4.78 is 27.5. The number of hydrogen-bond acceptors (Lipinski definition) is 3. The molecule has 2 aromatic rings. The molecule has 0 amide bonds. The Hall–Kier alpha value is -1.18. The van der Waals surface area contributed by atoms with E-state index >= 15 is 0 Å². The highest BCUT2D eigenvalue weighted by Gasteiger charge is 2.20. The van der Waals surface area contributed by atoms with Gasteiger partial charge in [0.2, 0.25) is 0 Å². The summed E-state index contributed by atoms with van der Waals surface area (Å²) in [7, 11) is -0.543. The van der Waals surface area contributed by atoms with Gasteiger partial charge in [0.1, 0.15) is 0 Å². The normalized spacial score (nSPS) is 13.1. The van der Waals surface area contributed by atoms with Gasteiger partial charge in [0.05, 0.1) is 6.04 Å². The predicted molar refractivity (Wildman–Crippen MR) is 88.7 cm³/mol. The highest BCUT2D eigenvalue weighted by atomic mass is 35.5. The first-order valence-electron chi connectivity index (χ1n) is 6.32. The largest absolute Gasteiger partial charge is 0.329 e. The van der Waals surface area contributed by atoms with Crippen molar-refractivity contribution in [1.29, 1.82) is 0 Å². The van der Waals surface area contributed by atoms with E-state index < -0.39 is 16.3 Å². The average molecular weight is 330 g/mol. The highest BCUT2D eigenvalue weighted by molar-refractivity contribution is 7.87. The van der Waals surface area contributed by atoms with E-state index in [1.165, 1.54) is 14.1 Å². The number of nitrogens with two attached hydrogens (primary N) is 1. The van der Waals surface area contributed by atoms with Crippen LogP contribution in [0.2, 0.25) is 0 Å². The van der Waals surface area contributed by atoms with E-state index in [2.05, 4.69) is 4.72 Å². The number of nitrogens with one attached hydrogen (secondary N) is 1. The molecule has 1 atom stereocenters. The molecule has 116 valence electrons. The summed E-state index contributed by atoms with van der Waals surface area (Å²) in [6.45, 7) is 0.200. The summed E-state index contributed by atoms with van der Waals surface area (Å²) in [4.78, 5) is 0. The Kier molecular flexibility index (Phi) is 6.12. The number of rotatable bonds is 5. The number of fused-ring (bicyclic) bond motifs is 1. The molecule has 0 aliphatic carbocycles. The first kappa shape index (κ1) is 17.9. The molecule has 21 heavy (non-hydrogen) atoms. The van der Waals surface area contributed by atoms with Crippen molar-refractivity contribution in [2.24, 2.45) is 5.73 Å². The standard InChI is InChI=1S/C14H19N3O2S.ClH/c1-17(2)20(18,19)16-14(10-15)13-8-7-11-5-3-4-6-12(11)9-13;/h3-9,14,16H,10,15H2,1-2H3;1H. The fourth-order valence-electron chi connectivity index (χ4n) is 1.96. The molecule has 0 aromatic heterocycles. The third-order valence-electron chi connectivity index (χ3n) is 3.18. The molecule has 0 saturated heterocycles. The number of hydrogen-bond donors (Lipinski definition) is 2. The topological polar surface area (TPSA) is 75.4 Å². The van der Waals surface area contributed by atoms with Crippen LogP contribution in [0.25, 0.3) is 10.8 Å². The van der Waals surface area contributed by atoms with Crippen molar-refractivity contribution < 1.29 is 8.42 Å². The van der Waals surface area contributed by atoms with Crippen molar-refractivity contribution in [2.45, 2.75) is 6.04 Å². The SMILES string of the molecule is CN(C)S(=O)(=O)NC(CN)c1ccc2ccccc2c1.Cl. The third-order valence-corrected chi connectivity index (χ3v) is 4.73. The second-order valence-electron chi connectivity index (χ2n) is 4.80.